The quantitative estimate of drug-likeness (QED) is 0.819. The number of rotatable bonds is 3. The lowest BCUT2D eigenvalue weighted by Crippen LogP contribution is -2.32. The Bertz CT molecular complexity index is 393. The molecule has 0 aliphatic rings. The van der Waals surface area contributed by atoms with Crippen molar-refractivity contribution in [3.05, 3.63) is 29.6 Å². The molecular formula is C9H9F3N2O2. The van der Waals surface area contributed by atoms with Crippen molar-refractivity contribution in [3.8, 4) is 0 Å². The zero-order valence-corrected chi connectivity index (χ0v) is 8.03. The van der Waals surface area contributed by atoms with Gasteiger partial charge >= 0.3 is 12.1 Å². The third-order valence-corrected chi connectivity index (χ3v) is 1.84. The normalized spacial score (nSPS) is 13.5. The van der Waals surface area contributed by atoms with Crippen LogP contribution in [0, 0.1) is 0 Å². The second-order valence-electron chi connectivity index (χ2n) is 3.16. The fourth-order valence-electron chi connectivity index (χ4n) is 1.06. The maximum absolute atomic E-state index is 12.3. The molecule has 0 bridgehead atoms. The highest BCUT2D eigenvalue weighted by molar-refractivity contribution is 5.73. The van der Waals surface area contributed by atoms with E-state index in [0.29, 0.717) is 0 Å². The van der Waals surface area contributed by atoms with Crippen LogP contribution in [-0.4, -0.2) is 22.1 Å². The molecule has 3 N–H and O–H groups in total. The van der Waals surface area contributed by atoms with E-state index in [1.54, 1.807) is 0 Å². The minimum absolute atomic E-state index is 0.00438. The summed E-state index contributed by atoms with van der Waals surface area (Å²) >= 11 is 0. The molecule has 1 unspecified atom stereocenters. The van der Waals surface area contributed by atoms with Gasteiger partial charge in [-0.05, 0) is 12.1 Å². The van der Waals surface area contributed by atoms with E-state index in [4.69, 9.17) is 10.8 Å². The van der Waals surface area contributed by atoms with Crippen LogP contribution >= 0.6 is 0 Å². The summed E-state index contributed by atoms with van der Waals surface area (Å²) in [6, 6.07) is 2.03. The van der Waals surface area contributed by atoms with Crippen molar-refractivity contribution < 1.29 is 23.1 Å². The number of hydrogen-bond acceptors (Lipinski definition) is 3. The molecule has 0 saturated carbocycles. The average molecular weight is 234 g/mol. The van der Waals surface area contributed by atoms with Crippen LogP contribution in [0.2, 0.25) is 0 Å². The zero-order valence-electron chi connectivity index (χ0n) is 8.03. The number of aromatic nitrogens is 1. The molecule has 0 fully saturated rings. The van der Waals surface area contributed by atoms with Crippen molar-refractivity contribution in [3.63, 3.8) is 0 Å². The first kappa shape index (κ1) is 12.4. The van der Waals surface area contributed by atoms with Crippen molar-refractivity contribution in [1.82, 2.24) is 4.98 Å². The van der Waals surface area contributed by atoms with Crippen molar-refractivity contribution in [2.75, 3.05) is 0 Å². The Balaban J connectivity index is 2.87. The van der Waals surface area contributed by atoms with E-state index in [0.717, 1.165) is 6.07 Å². The molecule has 16 heavy (non-hydrogen) atoms. The number of carbonyl (C=O) groups is 1. The number of halogens is 3. The van der Waals surface area contributed by atoms with E-state index in [-0.39, 0.29) is 12.1 Å². The maximum Gasteiger partial charge on any atom is 0.433 e. The first-order valence-electron chi connectivity index (χ1n) is 4.32. The second kappa shape index (κ2) is 4.48. The lowest BCUT2D eigenvalue weighted by atomic mass is 10.1. The van der Waals surface area contributed by atoms with Crippen molar-refractivity contribution in [2.24, 2.45) is 5.73 Å². The summed E-state index contributed by atoms with van der Waals surface area (Å²) in [5, 5.41) is 8.50. The minimum atomic E-state index is -4.54. The number of pyridine rings is 1. The van der Waals surface area contributed by atoms with Gasteiger partial charge in [-0.3, -0.25) is 4.79 Å². The number of hydrogen-bond donors (Lipinski definition) is 2. The summed E-state index contributed by atoms with van der Waals surface area (Å²) in [6.45, 7) is 0. The number of aliphatic carboxylic acids is 1. The molecule has 4 nitrogen and oxygen atoms in total. The summed E-state index contributed by atoms with van der Waals surface area (Å²) in [4.78, 5) is 13.7. The number of nitrogens with zero attached hydrogens (tertiary/aromatic N) is 1. The van der Waals surface area contributed by atoms with Gasteiger partial charge in [-0.25, -0.2) is 4.98 Å². The molecule has 1 atom stereocenters. The van der Waals surface area contributed by atoms with Gasteiger partial charge in [0.1, 0.15) is 11.7 Å². The molecule has 0 radical (unpaired) electrons. The van der Waals surface area contributed by atoms with E-state index in [1.165, 1.54) is 12.1 Å². The van der Waals surface area contributed by atoms with E-state index < -0.39 is 23.9 Å². The highest BCUT2D eigenvalue weighted by Gasteiger charge is 2.32. The van der Waals surface area contributed by atoms with Crippen LogP contribution in [0.4, 0.5) is 13.2 Å². The van der Waals surface area contributed by atoms with Crippen molar-refractivity contribution >= 4 is 5.97 Å². The highest BCUT2D eigenvalue weighted by atomic mass is 19.4. The third-order valence-electron chi connectivity index (χ3n) is 1.84. The molecule has 1 rings (SSSR count). The van der Waals surface area contributed by atoms with Crippen molar-refractivity contribution in [2.45, 2.75) is 18.6 Å². The first-order chi connectivity index (χ1) is 7.30. The summed E-state index contributed by atoms with van der Waals surface area (Å²) in [7, 11) is 0. The van der Waals surface area contributed by atoms with E-state index in [1.807, 2.05) is 0 Å². The molecule has 0 amide bonds. The Morgan fingerprint density at radius 1 is 1.50 bits per heavy atom. The fourth-order valence-corrected chi connectivity index (χ4v) is 1.06. The van der Waals surface area contributed by atoms with Gasteiger partial charge < -0.3 is 10.8 Å². The Labute approximate surface area is 88.9 Å². The highest BCUT2D eigenvalue weighted by Crippen LogP contribution is 2.27. The molecule has 0 aliphatic carbocycles. The van der Waals surface area contributed by atoms with Crippen LogP contribution in [0.15, 0.2) is 18.2 Å². The SMILES string of the molecule is NC(Cc1cccc(C(F)(F)F)n1)C(=O)O. The van der Waals surface area contributed by atoms with Crippen molar-refractivity contribution in [1.29, 1.82) is 0 Å². The number of nitrogens with two attached hydrogens (primary N) is 1. The minimum Gasteiger partial charge on any atom is -0.480 e. The molecule has 1 aromatic rings. The van der Waals surface area contributed by atoms with Gasteiger partial charge in [0, 0.05) is 12.1 Å². The number of alkyl halides is 3. The number of carboxylic acids is 1. The smallest absolute Gasteiger partial charge is 0.433 e. The fraction of sp³-hybridized carbons (Fsp3) is 0.333. The van der Waals surface area contributed by atoms with Gasteiger partial charge in [-0.2, -0.15) is 13.2 Å². The molecule has 0 aliphatic heterocycles. The summed E-state index contributed by atoms with van der Waals surface area (Å²) < 4.78 is 36.8. The average Bonchev–Trinajstić information content (AvgIpc) is 2.16. The summed E-state index contributed by atoms with van der Waals surface area (Å²) in [5.41, 5.74) is 4.14. The van der Waals surface area contributed by atoms with Crippen LogP contribution < -0.4 is 5.73 Å². The van der Waals surface area contributed by atoms with Crippen LogP contribution in [0.3, 0.4) is 0 Å². The monoisotopic (exact) mass is 234 g/mol. The van der Waals surface area contributed by atoms with E-state index >= 15 is 0 Å². The molecule has 0 saturated heterocycles. The maximum atomic E-state index is 12.3. The topological polar surface area (TPSA) is 76.2 Å². The first-order valence-corrected chi connectivity index (χ1v) is 4.32. The second-order valence-corrected chi connectivity index (χ2v) is 3.16. The molecule has 1 aromatic heterocycles. The summed E-state index contributed by atoms with van der Waals surface area (Å²) in [6.07, 6.45) is -4.78. The molecule has 0 aromatic carbocycles. The van der Waals surface area contributed by atoms with Gasteiger partial charge in [-0.15, -0.1) is 0 Å². The Hall–Kier alpha value is -1.63. The van der Waals surface area contributed by atoms with Crippen LogP contribution in [-0.2, 0) is 17.4 Å². The largest absolute Gasteiger partial charge is 0.480 e. The third kappa shape index (κ3) is 3.20. The Morgan fingerprint density at radius 3 is 2.62 bits per heavy atom. The predicted molar refractivity (Wildman–Crippen MR) is 48.6 cm³/mol. The van der Waals surface area contributed by atoms with Gasteiger partial charge in [0.15, 0.2) is 0 Å². The molecular weight excluding hydrogens is 225 g/mol. The standard InChI is InChI=1S/C9H9F3N2O2/c10-9(11,12)7-3-1-2-5(14-7)4-6(13)8(15)16/h1-3,6H,4,13H2,(H,15,16). The molecule has 88 valence electrons. The van der Waals surface area contributed by atoms with Gasteiger partial charge in [0.05, 0.1) is 0 Å². The van der Waals surface area contributed by atoms with Gasteiger partial charge in [0.25, 0.3) is 0 Å². The van der Waals surface area contributed by atoms with Crippen LogP contribution in [0.1, 0.15) is 11.4 Å². The molecule has 0 spiro atoms. The Kier molecular flexibility index (Phi) is 3.48. The molecule has 1 heterocycles. The predicted octanol–water partition coefficient (Wildman–Crippen LogP) is 1.05. The lowest BCUT2D eigenvalue weighted by molar-refractivity contribution is -0.141. The Morgan fingerprint density at radius 2 is 2.12 bits per heavy atom. The molecule has 7 heteroatoms. The van der Waals surface area contributed by atoms with Crippen LogP contribution in [0.5, 0.6) is 0 Å². The lowest BCUT2D eigenvalue weighted by Gasteiger charge is -2.09. The van der Waals surface area contributed by atoms with Gasteiger partial charge in [-0.1, -0.05) is 6.07 Å². The van der Waals surface area contributed by atoms with E-state index in [9.17, 15) is 18.0 Å². The zero-order chi connectivity index (χ0) is 12.3. The van der Waals surface area contributed by atoms with Gasteiger partial charge in [0.2, 0.25) is 0 Å². The van der Waals surface area contributed by atoms with Crippen LogP contribution in [0.25, 0.3) is 0 Å². The summed E-state index contributed by atoms with van der Waals surface area (Å²) in [5.74, 6) is -1.28. The van der Waals surface area contributed by atoms with E-state index in [2.05, 4.69) is 4.98 Å². The number of carboxylic acid groups (broad SMARTS) is 1.